The summed E-state index contributed by atoms with van der Waals surface area (Å²) in [4.78, 5) is 23.7. The largest absolute Gasteiger partial charge is 0.488 e. The maximum atomic E-state index is 12.7. The van der Waals surface area contributed by atoms with Crippen molar-refractivity contribution in [1.82, 2.24) is 9.78 Å². The predicted octanol–water partition coefficient (Wildman–Crippen LogP) is 2.92. The molecule has 0 saturated heterocycles. The molecule has 0 unspecified atom stereocenters. The molecule has 0 aliphatic heterocycles. The minimum atomic E-state index is -1.04. The van der Waals surface area contributed by atoms with E-state index in [1.54, 1.807) is 37.0 Å². The minimum Gasteiger partial charge on any atom is -0.488 e. The molecule has 3 N–H and O–H groups in total. The van der Waals surface area contributed by atoms with Gasteiger partial charge in [0.2, 0.25) is 0 Å². The Balaban J connectivity index is 1.87. The van der Waals surface area contributed by atoms with Crippen molar-refractivity contribution >= 4 is 17.7 Å². The summed E-state index contributed by atoms with van der Waals surface area (Å²) < 4.78 is 13.0. The Hall–Kier alpha value is -3.85. The van der Waals surface area contributed by atoms with Crippen LogP contribution in [0.2, 0.25) is 0 Å². The zero-order valence-electron chi connectivity index (χ0n) is 16.4. The van der Waals surface area contributed by atoms with Crippen molar-refractivity contribution in [2.24, 2.45) is 7.05 Å². The number of anilines is 1. The Morgan fingerprint density at radius 2 is 1.77 bits per heavy atom. The lowest BCUT2D eigenvalue weighted by atomic mass is 10.1. The van der Waals surface area contributed by atoms with Crippen LogP contribution in [-0.2, 0) is 7.05 Å². The minimum absolute atomic E-state index is 0.131. The van der Waals surface area contributed by atoms with E-state index in [4.69, 9.17) is 14.6 Å². The van der Waals surface area contributed by atoms with Crippen LogP contribution in [0.4, 0.5) is 5.82 Å². The highest BCUT2D eigenvalue weighted by Gasteiger charge is 2.14. The zero-order chi connectivity index (χ0) is 21.7. The van der Waals surface area contributed by atoms with Crippen LogP contribution in [0.1, 0.15) is 27.6 Å². The van der Waals surface area contributed by atoms with Gasteiger partial charge in [-0.15, -0.1) is 0 Å². The molecule has 3 aromatic rings. The Morgan fingerprint density at radius 3 is 2.37 bits per heavy atom. The molecular weight excluding hydrogens is 390 g/mol. The van der Waals surface area contributed by atoms with Gasteiger partial charge in [-0.25, -0.2) is 4.79 Å². The van der Waals surface area contributed by atoms with E-state index < -0.39 is 18.0 Å². The fourth-order valence-electron chi connectivity index (χ4n) is 2.57. The summed E-state index contributed by atoms with van der Waals surface area (Å²) in [6.07, 6.45) is 1.22. The van der Waals surface area contributed by atoms with Gasteiger partial charge in [0.25, 0.3) is 5.91 Å². The number of aromatic carboxylic acids is 1. The molecular formula is C21H21N3O6. The number of benzene rings is 2. The number of aliphatic hydroxyl groups is 1. The number of carbonyl (C=O) groups excluding carboxylic acids is 1. The van der Waals surface area contributed by atoms with Gasteiger partial charge < -0.3 is 25.0 Å². The molecule has 0 aliphatic carbocycles. The average Bonchev–Trinajstić information content (AvgIpc) is 3.12. The molecule has 0 spiro atoms. The van der Waals surface area contributed by atoms with Crippen molar-refractivity contribution in [3.63, 3.8) is 0 Å². The molecule has 1 atom stereocenters. The molecule has 0 radical (unpaired) electrons. The lowest BCUT2D eigenvalue weighted by molar-refractivity contribution is 0.0696. The van der Waals surface area contributed by atoms with Gasteiger partial charge in [0.15, 0.2) is 5.82 Å². The number of rotatable bonds is 8. The van der Waals surface area contributed by atoms with Gasteiger partial charge >= 0.3 is 5.97 Å². The third-order valence-electron chi connectivity index (χ3n) is 4.03. The highest BCUT2D eigenvalue weighted by molar-refractivity contribution is 6.04. The van der Waals surface area contributed by atoms with Crippen LogP contribution in [0.3, 0.4) is 0 Å². The second kappa shape index (κ2) is 9.10. The van der Waals surface area contributed by atoms with Crippen LogP contribution in [0.15, 0.2) is 54.7 Å². The molecule has 0 fully saturated rings. The number of aryl methyl sites for hydroxylation is 1. The van der Waals surface area contributed by atoms with E-state index >= 15 is 0 Å². The predicted molar refractivity (Wildman–Crippen MR) is 108 cm³/mol. The van der Waals surface area contributed by atoms with Crippen molar-refractivity contribution in [3.8, 4) is 17.2 Å². The molecule has 3 rings (SSSR count). The van der Waals surface area contributed by atoms with Gasteiger partial charge in [-0.05, 0) is 43.3 Å². The molecule has 30 heavy (non-hydrogen) atoms. The lowest BCUT2D eigenvalue weighted by Gasteiger charge is -2.15. The first kappa shape index (κ1) is 20.9. The molecule has 1 amide bonds. The normalized spacial score (nSPS) is 11.6. The Morgan fingerprint density at radius 1 is 1.07 bits per heavy atom. The monoisotopic (exact) mass is 411 g/mol. The summed E-state index contributed by atoms with van der Waals surface area (Å²) in [7, 11) is 1.74. The van der Waals surface area contributed by atoms with Gasteiger partial charge in [0, 0.05) is 30.9 Å². The average molecular weight is 411 g/mol. The van der Waals surface area contributed by atoms with Crippen molar-refractivity contribution in [1.29, 1.82) is 0 Å². The lowest BCUT2D eigenvalue weighted by Crippen LogP contribution is -2.17. The third kappa shape index (κ3) is 5.36. The Labute approximate surface area is 172 Å². The number of aromatic nitrogens is 2. The standard InChI is InChI=1S/C21H21N3O6/c1-13(12-25)29-17-9-15(20(26)22-19-7-8-24(2)23-19)10-18(11-17)30-16-5-3-14(4-6-16)21(27)28/h3-11,13,25H,12H2,1-2H3,(H,27,28)(H,22,23,26)/t13-/m0/s1. The van der Waals surface area contributed by atoms with Crippen molar-refractivity contribution in [2.75, 3.05) is 11.9 Å². The van der Waals surface area contributed by atoms with Crippen LogP contribution >= 0.6 is 0 Å². The second-order valence-corrected chi connectivity index (χ2v) is 6.56. The van der Waals surface area contributed by atoms with E-state index in [0.29, 0.717) is 23.1 Å². The number of ether oxygens (including phenoxy) is 2. The number of carboxylic acid groups (broad SMARTS) is 1. The van der Waals surface area contributed by atoms with Gasteiger partial charge in [-0.2, -0.15) is 5.10 Å². The highest BCUT2D eigenvalue weighted by Crippen LogP contribution is 2.29. The van der Waals surface area contributed by atoms with Gasteiger partial charge in [-0.3, -0.25) is 9.48 Å². The summed E-state index contributed by atoms with van der Waals surface area (Å²) in [6, 6.07) is 12.2. The molecule has 0 aliphatic rings. The number of nitrogens with one attached hydrogen (secondary N) is 1. The fraction of sp³-hybridized carbons (Fsp3) is 0.190. The number of carbonyl (C=O) groups is 2. The van der Waals surface area contributed by atoms with E-state index in [2.05, 4.69) is 10.4 Å². The van der Waals surface area contributed by atoms with Gasteiger partial charge in [0.1, 0.15) is 23.4 Å². The van der Waals surface area contributed by atoms with E-state index in [-0.39, 0.29) is 17.7 Å². The fourth-order valence-corrected chi connectivity index (χ4v) is 2.57. The summed E-state index contributed by atoms with van der Waals surface area (Å²) in [6.45, 7) is 1.49. The van der Waals surface area contributed by atoms with E-state index in [0.717, 1.165) is 0 Å². The molecule has 0 saturated carbocycles. The van der Waals surface area contributed by atoms with Crippen LogP contribution in [0.25, 0.3) is 0 Å². The summed E-state index contributed by atoms with van der Waals surface area (Å²) in [5.74, 6) is -0.0210. The number of hydrogen-bond donors (Lipinski definition) is 3. The number of nitrogens with zero attached hydrogens (tertiary/aromatic N) is 2. The second-order valence-electron chi connectivity index (χ2n) is 6.56. The van der Waals surface area contributed by atoms with Crippen molar-refractivity contribution in [2.45, 2.75) is 13.0 Å². The van der Waals surface area contributed by atoms with Gasteiger partial charge in [0.05, 0.1) is 12.2 Å². The van der Waals surface area contributed by atoms with E-state index in [9.17, 15) is 14.7 Å². The maximum Gasteiger partial charge on any atom is 0.335 e. The molecule has 156 valence electrons. The van der Waals surface area contributed by atoms with E-state index in [1.165, 1.54) is 36.4 Å². The summed E-state index contributed by atoms with van der Waals surface area (Å²) in [5, 5.41) is 25.1. The molecule has 9 heteroatoms. The van der Waals surface area contributed by atoms with E-state index in [1.807, 2.05) is 0 Å². The number of amides is 1. The zero-order valence-corrected chi connectivity index (χ0v) is 16.4. The molecule has 2 aromatic carbocycles. The quantitative estimate of drug-likeness (QED) is 0.521. The smallest absolute Gasteiger partial charge is 0.335 e. The first-order chi connectivity index (χ1) is 14.3. The summed E-state index contributed by atoms with van der Waals surface area (Å²) >= 11 is 0. The number of hydrogen-bond acceptors (Lipinski definition) is 6. The topological polar surface area (TPSA) is 123 Å². The van der Waals surface area contributed by atoms with Gasteiger partial charge in [-0.1, -0.05) is 0 Å². The van der Waals surface area contributed by atoms with Crippen LogP contribution in [0, 0.1) is 0 Å². The molecule has 1 heterocycles. The highest BCUT2D eigenvalue weighted by atomic mass is 16.5. The molecule has 0 bridgehead atoms. The molecule has 1 aromatic heterocycles. The third-order valence-corrected chi connectivity index (χ3v) is 4.03. The maximum absolute atomic E-state index is 12.7. The van der Waals surface area contributed by atoms with Crippen molar-refractivity contribution < 1.29 is 29.3 Å². The number of carboxylic acids is 1. The summed E-state index contributed by atoms with van der Waals surface area (Å²) in [5.41, 5.74) is 0.395. The SMILES string of the molecule is C[C@@H](CO)Oc1cc(Oc2ccc(C(=O)O)cc2)cc(C(=O)Nc2ccn(C)n2)c1. The van der Waals surface area contributed by atoms with Crippen molar-refractivity contribution in [3.05, 3.63) is 65.9 Å². The van der Waals surface area contributed by atoms with Crippen LogP contribution in [-0.4, -0.2) is 44.6 Å². The van der Waals surface area contributed by atoms with Crippen LogP contribution in [0.5, 0.6) is 17.2 Å². The van der Waals surface area contributed by atoms with Crippen LogP contribution < -0.4 is 14.8 Å². The number of aliphatic hydroxyl groups excluding tert-OH is 1. The molecule has 9 nitrogen and oxygen atoms in total. The first-order valence-corrected chi connectivity index (χ1v) is 9.09. The Bertz CT molecular complexity index is 1050. The Kier molecular flexibility index (Phi) is 6.33. The first-order valence-electron chi connectivity index (χ1n) is 9.09.